The molecule has 2 aliphatic rings. The highest BCUT2D eigenvalue weighted by molar-refractivity contribution is 5.93. The Labute approximate surface area is 317 Å². The van der Waals surface area contributed by atoms with Crippen molar-refractivity contribution < 1.29 is 49.1 Å². The van der Waals surface area contributed by atoms with E-state index in [1.165, 1.54) is 41.2 Å². The maximum atomic E-state index is 14.4. The van der Waals surface area contributed by atoms with E-state index in [9.17, 15) is 44.4 Å². The number of cyclic esters (lactones) is 1. The number of hydrazine groups is 1. The zero-order chi connectivity index (χ0) is 40.1. The van der Waals surface area contributed by atoms with E-state index >= 15 is 0 Å². The van der Waals surface area contributed by atoms with Crippen LogP contribution in [0.1, 0.15) is 72.3 Å². The van der Waals surface area contributed by atoms with E-state index in [0.717, 1.165) is 0 Å². The molecule has 0 radical (unpaired) electrons. The average molecular weight is 755 g/mol. The minimum absolute atomic E-state index is 0.0180. The average Bonchev–Trinajstić information content (AvgIpc) is 3.11. The van der Waals surface area contributed by atoms with Crippen LogP contribution in [0.25, 0.3) is 0 Å². The van der Waals surface area contributed by atoms with Gasteiger partial charge >= 0.3 is 5.97 Å². The summed E-state index contributed by atoms with van der Waals surface area (Å²) in [6.07, 6.45) is 5.59. The number of ether oxygens (including phenoxy) is 1. The molecular weight excluding hydrogens is 696 g/mol. The molecule has 0 unspecified atom stereocenters. The molecular formula is C40H58N4O10. The Bertz CT molecular complexity index is 1560. The van der Waals surface area contributed by atoms with Gasteiger partial charge in [0, 0.05) is 38.8 Å². The summed E-state index contributed by atoms with van der Waals surface area (Å²) in [4.78, 5) is 68.0. The number of hydrogen-bond donors (Lipinski definition) is 6. The highest BCUT2D eigenvalue weighted by atomic mass is 16.5. The Kier molecular flexibility index (Phi) is 17.1. The van der Waals surface area contributed by atoms with Crippen molar-refractivity contribution >= 4 is 29.5 Å². The van der Waals surface area contributed by atoms with Crippen molar-refractivity contribution in [3.05, 3.63) is 65.8 Å². The number of fused-ring (bicyclic) bond motifs is 2. The number of carbonyl (C=O) groups excluding carboxylic acids is 5. The number of phenols is 1. The zero-order valence-corrected chi connectivity index (χ0v) is 32.2. The summed E-state index contributed by atoms with van der Waals surface area (Å²) in [6.45, 7) is 8.08. The second-order valence-corrected chi connectivity index (χ2v) is 14.7. The lowest BCUT2D eigenvalue weighted by molar-refractivity contribution is -0.174. The van der Waals surface area contributed by atoms with E-state index in [4.69, 9.17) is 4.74 Å². The number of nitrogens with zero attached hydrogens (tertiary/aromatic N) is 2. The fourth-order valence-electron chi connectivity index (χ4n) is 6.68. The lowest BCUT2D eigenvalue weighted by Crippen LogP contribution is -2.62. The Morgan fingerprint density at radius 1 is 1.07 bits per heavy atom. The van der Waals surface area contributed by atoms with Crippen LogP contribution in [0.3, 0.4) is 0 Å². The number of rotatable bonds is 8. The zero-order valence-electron chi connectivity index (χ0n) is 32.2. The molecule has 0 saturated carbocycles. The summed E-state index contributed by atoms with van der Waals surface area (Å²) in [5, 5.41) is 50.6. The van der Waals surface area contributed by atoms with Gasteiger partial charge in [-0.25, -0.2) is 5.01 Å². The van der Waals surface area contributed by atoms with Gasteiger partial charge in [-0.05, 0) is 62.3 Å². The number of amides is 3. The summed E-state index contributed by atoms with van der Waals surface area (Å²) in [6, 6.07) is 3.07. The minimum atomic E-state index is -1.40. The van der Waals surface area contributed by atoms with Crippen molar-refractivity contribution in [2.45, 2.75) is 110 Å². The number of Topliss-reactive ketones (excluding diaryl/α,β-unsaturated/α-hetero) is 1. The summed E-state index contributed by atoms with van der Waals surface area (Å²) in [5.74, 6) is -5.19. The van der Waals surface area contributed by atoms with Crippen molar-refractivity contribution in [1.82, 2.24) is 20.7 Å². The number of hydrogen-bond acceptors (Lipinski definition) is 11. The smallest absolute Gasteiger partial charge is 0.325 e. The number of phenolic OH excluding ortho intramolecular Hbond substituents is 1. The summed E-state index contributed by atoms with van der Waals surface area (Å²) in [5.41, 5.74) is 1.16. The van der Waals surface area contributed by atoms with Crippen LogP contribution < -0.4 is 10.6 Å². The lowest BCUT2D eigenvalue weighted by Gasteiger charge is -2.42. The van der Waals surface area contributed by atoms with Gasteiger partial charge in [-0.1, -0.05) is 63.3 Å². The van der Waals surface area contributed by atoms with Gasteiger partial charge in [0.1, 0.15) is 35.8 Å². The van der Waals surface area contributed by atoms with Crippen LogP contribution in [-0.4, -0.2) is 117 Å². The van der Waals surface area contributed by atoms with Gasteiger partial charge in [-0.3, -0.25) is 24.2 Å². The molecule has 2 bridgehead atoms. The van der Waals surface area contributed by atoms with Crippen LogP contribution in [0.4, 0.5) is 0 Å². The normalized spacial score (nSPS) is 30.0. The van der Waals surface area contributed by atoms with Crippen LogP contribution in [0, 0.1) is 17.8 Å². The highest BCUT2D eigenvalue weighted by Crippen LogP contribution is 2.25. The number of ketones is 1. The molecule has 1 saturated heterocycles. The third-order valence-corrected chi connectivity index (χ3v) is 10.1. The van der Waals surface area contributed by atoms with Crippen LogP contribution in [-0.2, 0) is 35.1 Å². The van der Waals surface area contributed by atoms with E-state index in [1.54, 1.807) is 65.1 Å². The van der Waals surface area contributed by atoms with Gasteiger partial charge in [0.25, 0.3) is 5.91 Å². The SMILES string of the molecule is CC(=O)CC[C@H]1C(=O)N[C@@H](C(C)C)C(=O)N[C@@H](Cc2cccc(O)c2)C(=O)N2CCC[C@@H](C(=O)O[C@H](/C(C)=C/CO)C/C=C/C=C/[C@H](O)[C@H](C)[C@H]1O)N2C. The molecule has 0 aromatic heterocycles. The molecule has 298 valence electrons. The molecule has 3 rings (SSSR count). The lowest BCUT2D eigenvalue weighted by atomic mass is 9.84. The first-order valence-electron chi connectivity index (χ1n) is 18.6. The van der Waals surface area contributed by atoms with Gasteiger partial charge in [-0.15, -0.1) is 0 Å². The first kappa shape index (κ1) is 44.0. The molecule has 1 fully saturated rings. The molecule has 2 aliphatic heterocycles. The van der Waals surface area contributed by atoms with Gasteiger partial charge < -0.3 is 40.6 Å². The maximum absolute atomic E-state index is 14.4. The Hall–Kier alpha value is -4.37. The largest absolute Gasteiger partial charge is 0.508 e. The molecule has 2 heterocycles. The third kappa shape index (κ3) is 12.3. The number of aliphatic hydroxyl groups is 3. The number of aliphatic hydroxyl groups excluding tert-OH is 3. The Balaban J connectivity index is 2.10. The number of carbonyl (C=O) groups is 5. The number of benzene rings is 1. The summed E-state index contributed by atoms with van der Waals surface area (Å²) >= 11 is 0. The van der Waals surface area contributed by atoms with Crippen molar-refractivity contribution in [3.8, 4) is 5.75 Å². The maximum Gasteiger partial charge on any atom is 0.325 e. The van der Waals surface area contributed by atoms with E-state index in [1.807, 2.05) is 0 Å². The van der Waals surface area contributed by atoms with E-state index < -0.39 is 77.9 Å². The predicted octanol–water partition coefficient (Wildman–Crippen LogP) is 2.11. The van der Waals surface area contributed by atoms with Crippen molar-refractivity contribution in [2.24, 2.45) is 17.8 Å². The molecule has 0 aliphatic carbocycles. The predicted molar refractivity (Wildman–Crippen MR) is 201 cm³/mol. The molecule has 14 heteroatoms. The molecule has 14 nitrogen and oxygen atoms in total. The fraction of sp³-hybridized carbons (Fsp3) is 0.575. The first-order valence-corrected chi connectivity index (χ1v) is 18.6. The molecule has 54 heavy (non-hydrogen) atoms. The van der Waals surface area contributed by atoms with Crippen molar-refractivity contribution in [1.29, 1.82) is 0 Å². The molecule has 1 aromatic rings. The number of aromatic hydroxyl groups is 1. The highest BCUT2D eigenvalue weighted by Gasteiger charge is 2.40. The Morgan fingerprint density at radius 2 is 1.80 bits per heavy atom. The van der Waals surface area contributed by atoms with Gasteiger partial charge in [0.2, 0.25) is 11.8 Å². The number of nitrogens with one attached hydrogen (secondary N) is 2. The molecule has 0 spiro atoms. The topological polar surface area (TPSA) is 206 Å². The number of esters is 1. The van der Waals surface area contributed by atoms with Crippen LogP contribution in [0.15, 0.2) is 60.2 Å². The van der Waals surface area contributed by atoms with Crippen LogP contribution in [0.2, 0.25) is 0 Å². The van der Waals surface area contributed by atoms with Crippen molar-refractivity contribution in [2.75, 3.05) is 20.2 Å². The summed E-state index contributed by atoms with van der Waals surface area (Å²) < 4.78 is 5.96. The van der Waals surface area contributed by atoms with Crippen molar-refractivity contribution in [3.63, 3.8) is 0 Å². The third-order valence-electron chi connectivity index (χ3n) is 10.1. The quantitative estimate of drug-likeness (QED) is 0.168. The number of likely N-dealkylation sites (N-methyl/N-ethyl adjacent to an activating group) is 1. The van der Waals surface area contributed by atoms with E-state index in [0.29, 0.717) is 24.0 Å². The molecule has 3 amide bonds. The molecule has 6 N–H and O–H groups in total. The molecule has 1 aromatic carbocycles. The number of allylic oxidation sites excluding steroid dienone is 2. The van der Waals surface area contributed by atoms with E-state index in [2.05, 4.69) is 10.6 Å². The molecule has 8 atom stereocenters. The first-order chi connectivity index (χ1) is 25.5. The van der Waals surface area contributed by atoms with Gasteiger partial charge in [-0.2, -0.15) is 0 Å². The monoisotopic (exact) mass is 754 g/mol. The van der Waals surface area contributed by atoms with E-state index in [-0.39, 0.29) is 50.4 Å². The summed E-state index contributed by atoms with van der Waals surface area (Å²) in [7, 11) is 1.60. The Morgan fingerprint density at radius 3 is 2.44 bits per heavy atom. The second kappa shape index (κ2) is 20.9. The van der Waals surface area contributed by atoms with Gasteiger partial charge in [0.15, 0.2) is 0 Å². The fourth-order valence-corrected chi connectivity index (χ4v) is 6.68. The van der Waals surface area contributed by atoms with Gasteiger partial charge in [0.05, 0.1) is 24.7 Å². The van der Waals surface area contributed by atoms with Crippen LogP contribution >= 0.6 is 0 Å². The minimum Gasteiger partial charge on any atom is -0.508 e. The van der Waals surface area contributed by atoms with Crippen LogP contribution in [0.5, 0.6) is 5.75 Å². The standard InChI is InChI=1S/C40H58N4O10/c1-24(2)35-38(51)41-31(23-28-12-10-13-29(47)22-28)39(52)44-20-11-14-32(43(44)6)40(53)54-34(25(3)19-21-45)16-9-7-8-15-33(48)27(5)36(49)30(37(50)42-35)18-17-26(4)46/h7-10,12-13,15,19,22,24,27,30-36,45,47-49H,11,14,16-18,20-21,23H2,1-6H3,(H,41,51)(H,42,50)/b9-7+,15-8+,25-19+/t27-,30+,31-,32-,33-,34-,35-,36+/m0/s1. The second-order valence-electron chi connectivity index (χ2n) is 14.7.